The topological polar surface area (TPSA) is 0 Å². The molecular weight excluding hydrogens is 806 g/mol. The number of fused-ring (bicyclic) bond motifs is 2. The van der Waals surface area contributed by atoms with Gasteiger partial charge in [-0.05, 0) is 0 Å². The van der Waals surface area contributed by atoms with Crippen molar-refractivity contribution in [1.29, 1.82) is 0 Å². The predicted molar refractivity (Wildman–Crippen MR) is 209 cm³/mol. The molecule has 0 aromatic heterocycles. The van der Waals surface area contributed by atoms with Gasteiger partial charge in [-0.3, -0.25) is 0 Å². The van der Waals surface area contributed by atoms with Crippen molar-refractivity contribution in [2.75, 3.05) is 0 Å². The number of hydrogen-bond donors (Lipinski definition) is 0. The molecule has 4 aliphatic rings. The summed E-state index contributed by atoms with van der Waals surface area (Å²) in [7, 11) is 18.0. The van der Waals surface area contributed by atoms with E-state index in [0.29, 0.717) is 11.8 Å². The van der Waals surface area contributed by atoms with Crippen LogP contribution in [-0.2, 0) is 15.3 Å². The second kappa shape index (κ2) is 13.3. The van der Waals surface area contributed by atoms with E-state index in [1.807, 2.05) is 0 Å². The van der Waals surface area contributed by atoms with E-state index in [1.54, 1.807) is 11.1 Å². The average molecular weight is 855 g/mol. The van der Waals surface area contributed by atoms with Gasteiger partial charge >= 0.3 is 300 Å². The van der Waals surface area contributed by atoms with Gasteiger partial charge in [0.1, 0.15) is 0 Å². The molecule has 2 atom stereocenters. The van der Waals surface area contributed by atoms with Crippen molar-refractivity contribution in [2.45, 2.75) is 84.7 Å². The van der Waals surface area contributed by atoms with Gasteiger partial charge in [-0.25, -0.2) is 0 Å². The van der Waals surface area contributed by atoms with Crippen molar-refractivity contribution < 1.29 is 15.3 Å². The first-order valence-corrected chi connectivity index (χ1v) is 40.9. The van der Waals surface area contributed by atoms with E-state index in [2.05, 4.69) is 122 Å². The van der Waals surface area contributed by atoms with Crippen molar-refractivity contribution in [3.05, 3.63) is 130 Å². The van der Waals surface area contributed by atoms with Gasteiger partial charge in [0.25, 0.3) is 0 Å². The summed E-state index contributed by atoms with van der Waals surface area (Å²) >= 11 is -5.08. The molecule has 247 valence electrons. The van der Waals surface area contributed by atoms with Crippen LogP contribution in [0.15, 0.2) is 108 Å². The van der Waals surface area contributed by atoms with Crippen LogP contribution in [0.25, 0.3) is 34.4 Å². The van der Waals surface area contributed by atoms with E-state index < -0.39 is 21.3 Å². The standard InChI is InChI=1S/2C21H21.C2H7Si.2ClH.Hf/c2*1-3-8-16(9-4-1)19-14-18-12-7-13-20(21(18)15-19)17-10-5-2-6-11-17;1-3-2;;;/h2*2,5-7,10-16H,1,3-4,8-9H2;3H,1-2H3;2*1H;/q;;;;;+2/p-2. The third kappa shape index (κ3) is 5.47. The molecule has 0 aliphatic heterocycles. The summed E-state index contributed by atoms with van der Waals surface area (Å²) in [4.78, 5) is 0. The second-order valence-electron chi connectivity index (χ2n) is 15.6. The molecule has 0 nitrogen and oxygen atoms in total. The van der Waals surface area contributed by atoms with Crippen LogP contribution in [0.4, 0.5) is 0 Å². The first-order valence-electron chi connectivity index (χ1n) is 18.7. The van der Waals surface area contributed by atoms with Crippen LogP contribution in [0, 0.1) is 11.8 Å². The Morgan fingerprint density at radius 2 is 0.896 bits per heavy atom. The number of halogens is 2. The molecule has 0 radical (unpaired) electrons. The monoisotopic (exact) mass is 855 g/mol. The Balaban J connectivity index is 1.38. The Kier molecular flexibility index (Phi) is 9.19. The summed E-state index contributed by atoms with van der Waals surface area (Å²) in [5.74, 6) is -0.498. The first kappa shape index (κ1) is 33.2. The van der Waals surface area contributed by atoms with E-state index in [9.17, 15) is 0 Å². The van der Waals surface area contributed by atoms with E-state index in [0.717, 1.165) is 0 Å². The fraction of sp³-hybridized carbons (Fsp3) is 0.364. The maximum absolute atomic E-state index is 8.99. The Morgan fingerprint density at radius 3 is 1.27 bits per heavy atom. The molecule has 0 heterocycles. The molecule has 0 saturated heterocycles. The molecule has 4 aromatic carbocycles. The van der Waals surface area contributed by atoms with Gasteiger partial charge in [0.05, 0.1) is 0 Å². The van der Waals surface area contributed by atoms with Crippen LogP contribution >= 0.6 is 17.2 Å². The van der Waals surface area contributed by atoms with Gasteiger partial charge in [0, 0.05) is 0 Å². The van der Waals surface area contributed by atoms with E-state index >= 15 is 0 Å². The van der Waals surface area contributed by atoms with Crippen LogP contribution in [0.1, 0.15) is 93.8 Å². The van der Waals surface area contributed by atoms with Crippen LogP contribution in [0.5, 0.6) is 0 Å². The Hall–Kier alpha value is -1.97. The molecule has 0 spiro atoms. The summed E-state index contributed by atoms with van der Waals surface area (Å²) in [6, 6.07) is 36.1. The van der Waals surface area contributed by atoms with Gasteiger partial charge in [-0.1, -0.05) is 0 Å². The molecule has 48 heavy (non-hydrogen) atoms. The van der Waals surface area contributed by atoms with Gasteiger partial charge in [0.2, 0.25) is 0 Å². The zero-order valence-corrected chi connectivity index (χ0v) is 34.9. The fourth-order valence-corrected chi connectivity index (χ4v) is 54.1. The predicted octanol–water partition coefficient (Wildman–Crippen LogP) is 13.7. The molecule has 2 saturated carbocycles. The normalized spacial score (nSPS) is 22.5. The number of allylic oxidation sites excluding steroid dienone is 2. The van der Waals surface area contributed by atoms with E-state index in [4.69, 9.17) is 17.2 Å². The summed E-state index contributed by atoms with van der Waals surface area (Å²) < 4.78 is 0.337. The molecule has 2 fully saturated rings. The van der Waals surface area contributed by atoms with Crippen molar-refractivity contribution in [3.8, 4) is 22.3 Å². The number of rotatable bonds is 7. The summed E-state index contributed by atoms with van der Waals surface area (Å²) in [6.07, 6.45) is 18.2. The minimum atomic E-state index is -5.08. The third-order valence-electron chi connectivity index (χ3n) is 12.7. The average Bonchev–Trinajstić information content (AvgIpc) is 3.74. The molecule has 4 heteroatoms. The number of benzene rings is 4. The molecule has 8 rings (SSSR count). The minimum absolute atomic E-state index is 0.169. The molecule has 4 aliphatic carbocycles. The molecule has 2 unspecified atom stereocenters. The summed E-state index contributed by atoms with van der Waals surface area (Å²) in [5.41, 5.74) is 14.1. The third-order valence-corrected chi connectivity index (χ3v) is 85.3. The van der Waals surface area contributed by atoms with Crippen molar-refractivity contribution in [2.24, 2.45) is 11.8 Å². The van der Waals surface area contributed by atoms with Gasteiger partial charge in [-0.2, -0.15) is 0 Å². The Labute approximate surface area is 297 Å². The van der Waals surface area contributed by atoms with Gasteiger partial charge in [0.15, 0.2) is 0 Å². The van der Waals surface area contributed by atoms with Crippen LogP contribution < -0.4 is 0 Å². The van der Waals surface area contributed by atoms with E-state index in [-0.39, 0.29) is 7.35 Å². The summed E-state index contributed by atoms with van der Waals surface area (Å²) in [5, 5.41) is 0. The molecule has 0 bridgehead atoms. The quantitative estimate of drug-likeness (QED) is 0.163. The Bertz CT molecular complexity index is 1730. The Morgan fingerprint density at radius 1 is 0.500 bits per heavy atom. The van der Waals surface area contributed by atoms with Gasteiger partial charge in [-0.15, -0.1) is 0 Å². The SMILES string of the molecule is C[SiH](C)[Hf]([Cl])([Cl])([CH]1C(C2CCCCC2)=Cc2c(-c3ccccc3)cccc21)[CH]1C(C2CCCCC2)=Cc2c(-c3ccccc3)cccc21. The fourth-order valence-electron chi connectivity index (χ4n) is 10.2. The van der Waals surface area contributed by atoms with Gasteiger partial charge < -0.3 is 0 Å². The second-order valence-corrected chi connectivity index (χ2v) is 74.8. The molecule has 4 aromatic rings. The zero-order chi connectivity index (χ0) is 32.9. The molecule has 0 amide bonds. The van der Waals surface area contributed by atoms with E-state index in [1.165, 1.54) is 109 Å². The van der Waals surface area contributed by atoms with Crippen LogP contribution in [0.2, 0.25) is 13.1 Å². The van der Waals surface area contributed by atoms with Crippen LogP contribution in [0.3, 0.4) is 0 Å². The zero-order valence-electron chi connectivity index (χ0n) is 28.6. The molecular formula is C44H49Cl2HfSi. The maximum atomic E-state index is 8.99. The number of hydrogen-bond acceptors (Lipinski definition) is 0. The van der Waals surface area contributed by atoms with Crippen molar-refractivity contribution >= 4 is 35.3 Å². The van der Waals surface area contributed by atoms with Crippen molar-refractivity contribution in [3.63, 3.8) is 0 Å². The molecule has 0 N–H and O–H groups in total. The van der Waals surface area contributed by atoms with Crippen LogP contribution in [-0.4, -0.2) is 5.98 Å². The van der Waals surface area contributed by atoms with Crippen molar-refractivity contribution in [1.82, 2.24) is 0 Å². The summed E-state index contributed by atoms with van der Waals surface area (Å²) in [6.45, 7) is 5.06. The first-order chi connectivity index (χ1) is 23.4.